The molecule has 0 saturated carbocycles. The number of thiazole rings is 1. The molecule has 0 radical (unpaired) electrons. The first kappa shape index (κ1) is 12.0. The third-order valence-corrected chi connectivity index (χ3v) is 4.16. The van der Waals surface area contributed by atoms with Crippen LogP contribution in [-0.2, 0) is 5.54 Å². The SMILES string of the molecule is CN1CCCC(c2nc(C(C)(C)N)cs2)C1. The van der Waals surface area contributed by atoms with Gasteiger partial charge in [-0.05, 0) is 40.3 Å². The van der Waals surface area contributed by atoms with Gasteiger partial charge in [0.15, 0.2) is 0 Å². The normalized spacial score (nSPS) is 23.6. The molecule has 4 heteroatoms. The summed E-state index contributed by atoms with van der Waals surface area (Å²) in [5.41, 5.74) is 6.78. The Balaban J connectivity index is 2.12. The average Bonchev–Trinajstić information content (AvgIpc) is 2.65. The van der Waals surface area contributed by atoms with Crippen LogP contribution in [0.25, 0.3) is 0 Å². The molecule has 2 heterocycles. The average molecular weight is 239 g/mol. The summed E-state index contributed by atoms with van der Waals surface area (Å²) in [6.07, 6.45) is 2.55. The van der Waals surface area contributed by atoms with Gasteiger partial charge in [-0.1, -0.05) is 0 Å². The molecule has 1 aromatic rings. The first-order valence-corrected chi connectivity index (χ1v) is 6.78. The Kier molecular flexibility index (Phi) is 3.33. The van der Waals surface area contributed by atoms with E-state index in [1.54, 1.807) is 11.3 Å². The van der Waals surface area contributed by atoms with Crippen LogP contribution in [0.4, 0.5) is 0 Å². The van der Waals surface area contributed by atoms with Gasteiger partial charge in [0.05, 0.1) is 16.2 Å². The van der Waals surface area contributed by atoms with E-state index in [-0.39, 0.29) is 5.54 Å². The Hall–Kier alpha value is -0.450. The summed E-state index contributed by atoms with van der Waals surface area (Å²) in [4.78, 5) is 7.10. The highest BCUT2D eigenvalue weighted by atomic mass is 32.1. The predicted octanol–water partition coefficient (Wildman–Crippen LogP) is 2.15. The zero-order chi connectivity index (χ0) is 11.8. The van der Waals surface area contributed by atoms with E-state index in [1.807, 2.05) is 13.8 Å². The van der Waals surface area contributed by atoms with Crippen LogP contribution in [0.3, 0.4) is 0 Å². The first-order chi connectivity index (χ1) is 7.47. The van der Waals surface area contributed by atoms with Gasteiger partial charge < -0.3 is 10.6 Å². The lowest BCUT2D eigenvalue weighted by molar-refractivity contribution is 0.250. The smallest absolute Gasteiger partial charge is 0.0972 e. The van der Waals surface area contributed by atoms with Crippen LogP contribution in [-0.4, -0.2) is 30.0 Å². The van der Waals surface area contributed by atoms with Gasteiger partial charge in [-0.15, -0.1) is 11.3 Å². The van der Waals surface area contributed by atoms with Crippen LogP contribution < -0.4 is 5.73 Å². The van der Waals surface area contributed by atoms with Crippen molar-refractivity contribution in [3.8, 4) is 0 Å². The molecule has 16 heavy (non-hydrogen) atoms. The van der Waals surface area contributed by atoms with Gasteiger partial charge in [-0.2, -0.15) is 0 Å². The third-order valence-electron chi connectivity index (χ3n) is 3.16. The third kappa shape index (κ3) is 2.62. The highest BCUT2D eigenvalue weighted by molar-refractivity contribution is 7.09. The molecule has 0 amide bonds. The quantitative estimate of drug-likeness (QED) is 0.860. The van der Waals surface area contributed by atoms with Gasteiger partial charge in [-0.25, -0.2) is 4.98 Å². The summed E-state index contributed by atoms with van der Waals surface area (Å²) in [6, 6.07) is 0. The van der Waals surface area contributed by atoms with Crippen molar-refractivity contribution in [1.82, 2.24) is 9.88 Å². The fraction of sp³-hybridized carbons (Fsp3) is 0.750. The second-order valence-corrected chi connectivity index (χ2v) is 6.28. The minimum Gasteiger partial charge on any atom is -0.321 e. The number of likely N-dealkylation sites (N-methyl/N-ethyl adjacent to an activating group) is 1. The number of nitrogens with two attached hydrogens (primary N) is 1. The van der Waals surface area contributed by atoms with E-state index in [0.29, 0.717) is 5.92 Å². The molecule has 1 aliphatic heterocycles. The van der Waals surface area contributed by atoms with Crippen molar-refractivity contribution in [1.29, 1.82) is 0 Å². The van der Waals surface area contributed by atoms with Crippen LogP contribution in [0.5, 0.6) is 0 Å². The zero-order valence-electron chi connectivity index (χ0n) is 10.4. The van der Waals surface area contributed by atoms with Crippen LogP contribution in [0, 0.1) is 0 Å². The van der Waals surface area contributed by atoms with Crippen molar-refractivity contribution in [3.63, 3.8) is 0 Å². The second kappa shape index (κ2) is 4.43. The highest BCUT2D eigenvalue weighted by Crippen LogP contribution is 2.30. The van der Waals surface area contributed by atoms with E-state index in [4.69, 9.17) is 10.7 Å². The molecule has 1 unspecified atom stereocenters. The standard InChI is InChI=1S/C12H21N3S/c1-12(2,13)10-8-16-11(14-10)9-5-4-6-15(3)7-9/h8-9H,4-7,13H2,1-3H3. The van der Waals surface area contributed by atoms with E-state index < -0.39 is 0 Å². The summed E-state index contributed by atoms with van der Waals surface area (Å²) >= 11 is 1.77. The Bertz CT molecular complexity index is 353. The van der Waals surface area contributed by atoms with Crippen molar-refractivity contribution >= 4 is 11.3 Å². The number of hydrogen-bond acceptors (Lipinski definition) is 4. The second-order valence-electron chi connectivity index (χ2n) is 5.39. The zero-order valence-corrected chi connectivity index (χ0v) is 11.2. The summed E-state index contributed by atoms with van der Waals surface area (Å²) < 4.78 is 0. The molecule has 2 rings (SSSR count). The van der Waals surface area contributed by atoms with Crippen LogP contribution >= 0.6 is 11.3 Å². The number of nitrogens with zero attached hydrogens (tertiary/aromatic N) is 2. The molecular formula is C12H21N3S. The summed E-state index contributed by atoms with van der Waals surface area (Å²) in [5.74, 6) is 0.611. The largest absolute Gasteiger partial charge is 0.321 e. The van der Waals surface area contributed by atoms with Gasteiger partial charge >= 0.3 is 0 Å². The van der Waals surface area contributed by atoms with Crippen molar-refractivity contribution in [2.45, 2.75) is 38.1 Å². The van der Waals surface area contributed by atoms with Crippen molar-refractivity contribution in [2.75, 3.05) is 20.1 Å². The number of piperidine rings is 1. The van der Waals surface area contributed by atoms with E-state index >= 15 is 0 Å². The lowest BCUT2D eigenvalue weighted by Crippen LogP contribution is -2.31. The Labute approximate surface area is 102 Å². The van der Waals surface area contributed by atoms with Crippen molar-refractivity contribution in [3.05, 3.63) is 16.1 Å². The molecule has 0 bridgehead atoms. The van der Waals surface area contributed by atoms with Crippen LogP contribution in [0.1, 0.15) is 43.3 Å². The molecule has 1 fully saturated rings. The van der Waals surface area contributed by atoms with E-state index in [1.165, 1.54) is 24.4 Å². The summed E-state index contributed by atoms with van der Waals surface area (Å²) in [5, 5.41) is 3.38. The molecule has 3 nitrogen and oxygen atoms in total. The molecule has 90 valence electrons. The van der Waals surface area contributed by atoms with Crippen LogP contribution in [0.15, 0.2) is 5.38 Å². The highest BCUT2D eigenvalue weighted by Gasteiger charge is 2.24. The lowest BCUT2D eigenvalue weighted by Gasteiger charge is -2.28. The molecule has 1 aliphatic rings. The number of hydrogen-bond donors (Lipinski definition) is 1. The monoisotopic (exact) mass is 239 g/mol. The maximum absolute atomic E-state index is 6.06. The maximum atomic E-state index is 6.06. The predicted molar refractivity (Wildman–Crippen MR) is 68.8 cm³/mol. The fourth-order valence-electron chi connectivity index (χ4n) is 2.14. The lowest BCUT2D eigenvalue weighted by atomic mass is 9.99. The van der Waals surface area contributed by atoms with Gasteiger partial charge in [0.2, 0.25) is 0 Å². The Morgan fingerprint density at radius 2 is 2.31 bits per heavy atom. The summed E-state index contributed by atoms with van der Waals surface area (Å²) in [7, 11) is 2.19. The molecule has 1 aromatic heterocycles. The van der Waals surface area contributed by atoms with E-state index in [9.17, 15) is 0 Å². The first-order valence-electron chi connectivity index (χ1n) is 5.90. The topological polar surface area (TPSA) is 42.2 Å². The number of likely N-dealkylation sites (tertiary alicyclic amines) is 1. The molecule has 0 aromatic carbocycles. The Morgan fingerprint density at radius 1 is 1.56 bits per heavy atom. The number of rotatable bonds is 2. The summed E-state index contributed by atoms with van der Waals surface area (Å²) in [6.45, 7) is 6.38. The van der Waals surface area contributed by atoms with Crippen LogP contribution in [0.2, 0.25) is 0 Å². The molecule has 2 N–H and O–H groups in total. The minimum absolute atomic E-state index is 0.310. The van der Waals surface area contributed by atoms with E-state index in [0.717, 1.165) is 12.2 Å². The molecule has 0 spiro atoms. The Morgan fingerprint density at radius 3 is 2.88 bits per heavy atom. The van der Waals surface area contributed by atoms with Crippen molar-refractivity contribution < 1.29 is 0 Å². The van der Waals surface area contributed by atoms with E-state index in [2.05, 4.69) is 17.3 Å². The van der Waals surface area contributed by atoms with Gasteiger partial charge in [0.1, 0.15) is 0 Å². The fourth-order valence-corrected chi connectivity index (χ4v) is 3.26. The minimum atomic E-state index is -0.310. The number of aromatic nitrogens is 1. The van der Waals surface area contributed by atoms with Gasteiger partial charge in [-0.3, -0.25) is 0 Å². The molecular weight excluding hydrogens is 218 g/mol. The van der Waals surface area contributed by atoms with Gasteiger partial charge in [0, 0.05) is 17.8 Å². The molecule has 1 saturated heterocycles. The maximum Gasteiger partial charge on any atom is 0.0972 e. The van der Waals surface area contributed by atoms with Crippen molar-refractivity contribution in [2.24, 2.45) is 5.73 Å². The molecule has 0 aliphatic carbocycles. The van der Waals surface area contributed by atoms with Gasteiger partial charge in [0.25, 0.3) is 0 Å². The molecule has 1 atom stereocenters.